The first-order valence-corrected chi connectivity index (χ1v) is 4.69. The topological polar surface area (TPSA) is 49.3 Å². The van der Waals surface area contributed by atoms with Gasteiger partial charge in [-0.15, -0.1) is 0 Å². The molecule has 0 aliphatic rings. The van der Waals surface area contributed by atoms with Gasteiger partial charge < -0.3 is 10.4 Å². The molecule has 1 rings (SSSR count). The van der Waals surface area contributed by atoms with Gasteiger partial charge in [-0.2, -0.15) is 0 Å². The highest BCUT2D eigenvalue weighted by Crippen LogP contribution is 2.21. The van der Waals surface area contributed by atoms with E-state index in [4.69, 9.17) is 5.11 Å². The molecule has 1 aromatic rings. The molecular weight excluding hydrogens is 197 g/mol. The number of carboxylic acid groups (broad SMARTS) is 1. The van der Waals surface area contributed by atoms with Crippen LogP contribution in [0.25, 0.3) is 0 Å². The molecule has 1 unspecified atom stereocenters. The summed E-state index contributed by atoms with van der Waals surface area (Å²) in [6, 6.07) is 4.09. The smallest absolute Gasteiger partial charge is 0.305 e. The fourth-order valence-corrected chi connectivity index (χ4v) is 1.57. The summed E-state index contributed by atoms with van der Waals surface area (Å²) in [6.45, 7) is 1.77. The first kappa shape index (κ1) is 11.7. The molecule has 82 valence electrons. The molecule has 0 aromatic heterocycles. The monoisotopic (exact) mass is 211 g/mol. The van der Waals surface area contributed by atoms with Gasteiger partial charge in [-0.3, -0.25) is 4.79 Å². The quantitative estimate of drug-likeness (QED) is 0.799. The first-order chi connectivity index (χ1) is 7.04. The lowest BCUT2D eigenvalue weighted by atomic mass is 9.99. The molecular formula is C11H14FNO2. The van der Waals surface area contributed by atoms with Crippen molar-refractivity contribution in [3.63, 3.8) is 0 Å². The van der Waals surface area contributed by atoms with E-state index < -0.39 is 5.97 Å². The summed E-state index contributed by atoms with van der Waals surface area (Å²) in [7, 11) is 1.69. The number of aliphatic carboxylic acids is 1. The number of benzene rings is 1. The number of halogens is 1. The molecule has 0 fully saturated rings. The highest BCUT2D eigenvalue weighted by molar-refractivity contribution is 5.68. The fraction of sp³-hybridized carbons (Fsp3) is 0.364. The summed E-state index contributed by atoms with van der Waals surface area (Å²) < 4.78 is 12.8. The van der Waals surface area contributed by atoms with E-state index in [2.05, 4.69) is 5.32 Å². The molecule has 0 radical (unpaired) electrons. The van der Waals surface area contributed by atoms with Crippen LogP contribution >= 0.6 is 0 Å². The fourth-order valence-electron chi connectivity index (χ4n) is 1.57. The maximum absolute atomic E-state index is 12.8. The largest absolute Gasteiger partial charge is 0.481 e. The van der Waals surface area contributed by atoms with Crippen molar-refractivity contribution in [2.75, 3.05) is 7.05 Å². The summed E-state index contributed by atoms with van der Waals surface area (Å²) in [5.74, 6) is -1.18. The van der Waals surface area contributed by atoms with E-state index in [1.54, 1.807) is 20.0 Å². The van der Waals surface area contributed by atoms with Crippen LogP contribution < -0.4 is 5.32 Å². The Bertz CT molecular complexity index is 366. The minimum atomic E-state index is -0.877. The highest BCUT2D eigenvalue weighted by Gasteiger charge is 2.15. The third-order valence-corrected chi connectivity index (χ3v) is 2.33. The summed E-state index contributed by atoms with van der Waals surface area (Å²) in [4.78, 5) is 10.6. The van der Waals surface area contributed by atoms with E-state index in [9.17, 15) is 9.18 Å². The molecule has 0 aliphatic heterocycles. The lowest BCUT2D eigenvalue weighted by Crippen LogP contribution is -2.20. The van der Waals surface area contributed by atoms with E-state index in [1.165, 1.54) is 12.1 Å². The molecule has 0 heterocycles. The maximum atomic E-state index is 12.8. The van der Waals surface area contributed by atoms with Gasteiger partial charge in [0.1, 0.15) is 5.82 Å². The van der Waals surface area contributed by atoms with Crippen molar-refractivity contribution in [3.8, 4) is 0 Å². The number of hydrogen-bond donors (Lipinski definition) is 2. The second-order valence-electron chi connectivity index (χ2n) is 3.44. The van der Waals surface area contributed by atoms with E-state index in [1.807, 2.05) is 0 Å². The second kappa shape index (κ2) is 4.89. The van der Waals surface area contributed by atoms with Crippen LogP contribution in [0.3, 0.4) is 0 Å². The highest BCUT2D eigenvalue weighted by atomic mass is 19.1. The van der Waals surface area contributed by atoms with Crippen LogP contribution in [0.5, 0.6) is 0 Å². The molecule has 0 saturated carbocycles. The normalized spacial score (nSPS) is 12.5. The number of hydrogen-bond acceptors (Lipinski definition) is 2. The molecule has 2 N–H and O–H groups in total. The Kier molecular flexibility index (Phi) is 3.80. The lowest BCUT2D eigenvalue weighted by Gasteiger charge is -2.16. The van der Waals surface area contributed by atoms with Crippen LogP contribution in [0.4, 0.5) is 4.39 Å². The Morgan fingerprint density at radius 1 is 1.60 bits per heavy atom. The molecule has 0 spiro atoms. The van der Waals surface area contributed by atoms with Crippen LogP contribution in [0, 0.1) is 12.7 Å². The SMILES string of the molecule is CNC(CC(=O)O)c1ccc(F)cc1C. The molecule has 0 amide bonds. The Hall–Kier alpha value is -1.42. The van der Waals surface area contributed by atoms with Gasteiger partial charge in [0.05, 0.1) is 6.42 Å². The van der Waals surface area contributed by atoms with Gasteiger partial charge in [0.2, 0.25) is 0 Å². The van der Waals surface area contributed by atoms with Gasteiger partial charge >= 0.3 is 5.97 Å². The van der Waals surface area contributed by atoms with E-state index in [0.29, 0.717) is 0 Å². The summed E-state index contributed by atoms with van der Waals surface area (Å²) in [5, 5.41) is 11.6. The Morgan fingerprint density at radius 3 is 2.73 bits per heavy atom. The number of aryl methyl sites for hydroxylation is 1. The second-order valence-corrected chi connectivity index (χ2v) is 3.44. The van der Waals surface area contributed by atoms with Gasteiger partial charge in [-0.05, 0) is 37.2 Å². The van der Waals surface area contributed by atoms with Crippen LogP contribution in [0.1, 0.15) is 23.6 Å². The van der Waals surface area contributed by atoms with Crippen molar-refractivity contribution in [2.45, 2.75) is 19.4 Å². The van der Waals surface area contributed by atoms with Crippen molar-refractivity contribution < 1.29 is 14.3 Å². The zero-order valence-electron chi connectivity index (χ0n) is 8.75. The molecule has 4 heteroatoms. The average molecular weight is 211 g/mol. The summed E-state index contributed by atoms with van der Waals surface area (Å²) in [5.41, 5.74) is 1.58. The summed E-state index contributed by atoms with van der Waals surface area (Å²) >= 11 is 0. The third-order valence-electron chi connectivity index (χ3n) is 2.33. The zero-order chi connectivity index (χ0) is 11.4. The average Bonchev–Trinajstić information content (AvgIpc) is 2.14. The number of nitrogens with one attached hydrogen (secondary N) is 1. The molecule has 1 atom stereocenters. The minimum absolute atomic E-state index is 0.0109. The standard InChI is InChI=1S/C11H14FNO2/c1-7-5-8(12)3-4-9(7)10(13-2)6-11(14)15/h3-5,10,13H,6H2,1-2H3,(H,14,15). The van der Waals surface area contributed by atoms with Crippen molar-refractivity contribution in [2.24, 2.45) is 0 Å². The zero-order valence-corrected chi connectivity index (χ0v) is 8.75. The van der Waals surface area contributed by atoms with Crippen molar-refractivity contribution in [1.29, 1.82) is 0 Å². The van der Waals surface area contributed by atoms with Crippen molar-refractivity contribution >= 4 is 5.97 Å². The Labute approximate surface area is 87.9 Å². The molecule has 15 heavy (non-hydrogen) atoms. The molecule has 0 saturated heterocycles. The van der Waals surface area contributed by atoms with Crippen molar-refractivity contribution in [3.05, 3.63) is 35.1 Å². The molecule has 1 aromatic carbocycles. The Morgan fingerprint density at radius 2 is 2.27 bits per heavy atom. The van der Waals surface area contributed by atoms with E-state index in [-0.39, 0.29) is 18.3 Å². The number of carbonyl (C=O) groups is 1. The van der Waals surface area contributed by atoms with Crippen LogP contribution in [-0.4, -0.2) is 18.1 Å². The van der Waals surface area contributed by atoms with Gasteiger partial charge in [0, 0.05) is 6.04 Å². The first-order valence-electron chi connectivity index (χ1n) is 4.69. The van der Waals surface area contributed by atoms with E-state index in [0.717, 1.165) is 11.1 Å². The van der Waals surface area contributed by atoms with Crippen molar-refractivity contribution in [1.82, 2.24) is 5.32 Å². The van der Waals surface area contributed by atoms with Crippen LogP contribution in [0.15, 0.2) is 18.2 Å². The molecule has 0 aliphatic carbocycles. The number of carboxylic acids is 1. The third kappa shape index (κ3) is 3.02. The predicted molar refractivity (Wildman–Crippen MR) is 55.2 cm³/mol. The van der Waals surface area contributed by atoms with E-state index >= 15 is 0 Å². The van der Waals surface area contributed by atoms with Gasteiger partial charge in [-0.1, -0.05) is 6.07 Å². The van der Waals surface area contributed by atoms with Gasteiger partial charge in [0.15, 0.2) is 0 Å². The molecule has 3 nitrogen and oxygen atoms in total. The molecule has 0 bridgehead atoms. The van der Waals surface area contributed by atoms with Gasteiger partial charge in [0.25, 0.3) is 0 Å². The summed E-state index contributed by atoms with van der Waals surface area (Å²) in [6.07, 6.45) is -0.0109. The predicted octanol–water partition coefficient (Wildman–Crippen LogP) is 1.87. The van der Waals surface area contributed by atoms with Crippen LogP contribution in [-0.2, 0) is 4.79 Å². The van der Waals surface area contributed by atoms with Gasteiger partial charge in [-0.25, -0.2) is 4.39 Å². The Balaban J connectivity index is 2.96. The van der Waals surface area contributed by atoms with Crippen LogP contribution in [0.2, 0.25) is 0 Å². The maximum Gasteiger partial charge on any atom is 0.305 e. The minimum Gasteiger partial charge on any atom is -0.481 e. The number of rotatable bonds is 4. The lowest BCUT2D eigenvalue weighted by molar-refractivity contribution is -0.137.